The van der Waals surface area contributed by atoms with Gasteiger partial charge >= 0.3 is 0 Å². The van der Waals surface area contributed by atoms with E-state index in [2.05, 4.69) is 0 Å². The molecule has 0 amide bonds. The number of aliphatic carboxylic acids is 2. The molecule has 0 bridgehead atoms. The third-order valence-electron chi connectivity index (χ3n) is 2.94. The van der Waals surface area contributed by atoms with Crippen LogP contribution >= 0.6 is 0 Å². The molecule has 0 aromatic carbocycles. The fourth-order valence-corrected chi connectivity index (χ4v) is 1.63. The summed E-state index contributed by atoms with van der Waals surface area (Å²) >= 11 is 0. The minimum absolute atomic E-state index is 0.597. The molecule has 1 unspecified atom stereocenters. The van der Waals surface area contributed by atoms with Gasteiger partial charge in [-0.2, -0.15) is 0 Å². The molecule has 5 heteroatoms. The number of ether oxygens (including phenoxy) is 1. The monoisotopic (exact) mass is 230 g/mol. The molecule has 0 aromatic heterocycles. The highest BCUT2D eigenvalue weighted by Crippen LogP contribution is 2.26. The average Bonchev–Trinajstić information content (AvgIpc) is 2.24. The molecule has 0 aromatic rings. The van der Waals surface area contributed by atoms with Gasteiger partial charge in [-0.3, -0.25) is 0 Å². The van der Waals surface area contributed by atoms with Crippen LogP contribution < -0.4 is 10.2 Å². The number of carbonyl (C=O) groups excluding carboxylic acids is 2. The molecule has 1 atom stereocenters. The molecule has 0 N–H and O–H groups in total. The number of hydrogen-bond donors (Lipinski definition) is 0. The van der Waals surface area contributed by atoms with Crippen molar-refractivity contribution in [2.24, 2.45) is 0 Å². The maximum Gasteiger partial charge on any atom is 0.103 e. The predicted molar refractivity (Wildman–Crippen MR) is 53.1 cm³/mol. The summed E-state index contributed by atoms with van der Waals surface area (Å²) in [6.07, 6.45) is -0.251. The van der Waals surface area contributed by atoms with Gasteiger partial charge in [0.25, 0.3) is 0 Å². The molecule has 0 saturated heterocycles. The molecule has 0 aliphatic carbocycles. The van der Waals surface area contributed by atoms with Crippen LogP contribution in [0.2, 0.25) is 0 Å². The van der Waals surface area contributed by atoms with Crippen molar-refractivity contribution in [3.05, 3.63) is 0 Å². The molecule has 0 spiro atoms. The predicted octanol–water partition coefficient (Wildman–Crippen LogP) is -0.770. The number of carboxylic acid groups (broad SMARTS) is 2. The van der Waals surface area contributed by atoms with Crippen molar-refractivity contribution in [3.8, 4) is 0 Å². The number of rotatable bonds is 8. The summed E-state index contributed by atoms with van der Waals surface area (Å²) in [5.74, 6) is -2.96. The van der Waals surface area contributed by atoms with Crippen LogP contribution in [0, 0.1) is 0 Å². The van der Waals surface area contributed by atoms with Gasteiger partial charge in [-0.25, -0.2) is 0 Å². The van der Waals surface area contributed by atoms with Crippen molar-refractivity contribution in [1.29, 1.82) is 0 Å². The summed E-state index contributed by atoms with van der Waals surface area (Å²) in [6, 6.07) is 0. The lowest BCUT2D eigenvalue weighted by Gasteiger charge is -2.35. The summed E-state index contributed by atoms with van der Waals surface area (Å²) in [5.41, 5.74) is -0.597. The molecule has 0 aliphatic rings. The van der Waals surface area contributed by atoms with E-state index in [1.165, 1.54) is 0 Å². The quantitative estimate of drug-likeness (QED) is 0.546. The van der Waals surface area contributed by atoms with E-state index < -0.39 is 30.1 Å². The molecule has 94 valence electrons. The van der Waals surface area contributed by atoms with Crippen LogP contribution in [0.3, 0.4) is 0 Å². The lowest BCUT2D eigenvalue weighted by atomic mass is 9.93. The van der Waals surface area contributed by atoms with Crippen LogP contribution in [0.5, 0.6) is 0 Å². The molecule has 0 saturated carbocycles. The van der Waals surface area contributed by atoms with Crippen molar-refractivity contribution in [2.45, 2.75) is 58.2 Å². The molecule has 16 heavy (non-hydrogen) atoms. The van der Waals surface area contributed by atoms with Crippen LogP contribution in [0.25, 0.3) is 0 Å². The largest absolute Gasteiger partial charge is 0.550 e. The van der Waals surface area contributed by atoms with E-state index in [1.54, 1.807) is 0 Å². The van der Waals surface area contributed by atoms with Crippen LogP contribution in [0.1, 0.15) is 46.5 Å². The standard InChI is InChI=1S/C11H20O5/c1-4-11(5-2,6-3)16-8(10(14)15)7-9(12)13/h8H,4-7H2,1-3H3,(H,12,13)(H,14,15)/p-2. The smallest absolute Gasteiger partial charge is 0.103 e. The highest BCUT2D eigenvalue weighted by atomic mass is 16.5. The fourth-order valence-electron chi connectivity index (χ4n) is 1.63. The Balaban J connectivity index is 4.70. The summed E-state index contributed by atoms with van der Waals surface area (Å²) in [7, 11) is 0. The normalized spacial score (nSPS) is 13.4. The first-order chi connectivity index (χ1) is 7.40. The Kier molecular flexibility index (Phi) is 6.03. The number of carbonyl (C=O) groups is 2. The maximum absolute atomic E-state index is 10.7. The Morgan fingerprint density at radius 2 is 1.56 bits per heavy atom. The minimum Gasteiger partial charge on any atom is -0.550 e. The summed E-state index contributed by atoms with van der Waals surface area (Å²) < 4.78 is 5.38. The number of carboxylic acids is 2. The first-order valence-electron chi connectivity index (χ1n) is 5.49. The van der Waals surface area contributed by atoms with Gasteiger partial charge in [0.15, 0.2) is 0 Å². The van der Waals surface area contributed by atoms with Gasteiger partial charge < -0.3 is 24.5 Å². The fraction of sp³-hybridized carbons (Fsp3) is 0.818. The van der Waals surface area contributed by atoms with Gasteiger partial charge in [-0.1, -0.05) is 20.8 Å². The Morgan fingerprint density at radius 1 is 1.12 bits per heavy atom. The zero-order valence-electron chi connectivity index (χ0n) is 9.95. The third kappa shape index (κ3) is 4.18. The van der Waals surface area contributed by atoms with E-state index >= 15 is 0 Å². The zero-order valence-corrected chi connectivity index (χ0v) is 9.95. The summed E-state index contributed by atoms with van der Waals surface area (Å²) in [6.45, 7) is 5.62. The zero-order chi connectivity index (χ0) is 12.8. The average molecular weight is 230 g/mol. The van der Waals surface area contributed by atoms with Gasteiger partial charge in [0.1, 0.15) is 6.10 Å². The van der Waals surface area contributed by atoms with Crippen molar-refractivity contribution < 1.29 is 24.5 Å². The second-order valence-corrected chi connectivity index (χ2v) is 3.75. The van der Waals surface area contributed by atoms with Gasteiger partial charge in [0.2, 0.25) is 0 Å². The Hall–Kier alpha value is -1.10. The molecule has 0 radical (unpaired) electrons. The lowest BCUT2D eigenvalue weighted by Crippen LogP contribution is -2.47. The summed E-state index contributed by atoms with van der Waals surface area (Å²) in [4.78, 5) is 21.1. The van der Waals surface area contributed by atoms with Crippen LogP contribution in [-0.2, 0) is 14.3 Å². The van der Waals surface area contributed by atoms with Crippen molar-refractivity contribution in [2.75, 3.05) is 0 Å². The maximum atomic E-state index is 10.7. The van der Waals surface area contributed by atoms with Crippen molar-refractivity contribution in [3.63, 3.8) is 0 Å². The van der Waals surface area contributed by atoms with Crippen molar-refractivity contribution in [1.82, 2.24) is 0 Å². The molecule has 0 aliphatic heterocycles. The van der Waals surface area contributed by atoms with Gasteiger partial charge in [0.05, 0.1) is 11.6 Å². The van der Waals surface area contributed by atoms with E-state index in [-0.39, 0.29) is 0 Å². The molecular weight excluding hydrogens is 212 g/mol. The van der Waals surface area contributed by atoms with E-state index in [9.17, 15) is 19.8 Å². The van der Waals surface area contributed by atoms with Crippen LogP contribution in [0.15, 0.2) is 0 Å². The van der Waals surface area contributed by atoms with E-state index in [1.807, 2.05) is 20.8 Å². The minimum atomic E-state index is -1.51. The Labute approximate surface area is 95.4 Å². The SMILES string of the molecule is CCC(CC)(CC)OC(CC(=O)[O-])C(=O)[O-]. The number of hydrogen-bond acceptors (Lipinski definition) is 5. The Morgan fingerprint density at radius 3 is 1.81 bits per heavy atom. The first kappa shape index (κ1) is 14.9. The third-order valence-corrected chi connectivity index (χ3v) is 2.94. The van der Waals surface area contributed by atoms with Crippen LogP contribution in [0.4, 0.5) is 0 Å². The van der Waals surface area contributed by atoms with Crippen molar-refractivity contribution >= 4 is 11.9 Å². The lowest BCUT2D eigenvalue weighted by molar-refractivity contribution is -0.330. The van der Waals surface area contributed by atoms with E-state index in [0.717, 1.165) is 0 Å². The molecular formula is C11H18O5-2. The van der Waals surface area contributed by atoms with Gasteiger partial charge in [-0.05, 0) is 19.3 Å². The molecule has 0 heterocycles. The first-order valence-corrected chi connectivity index (χ1v) is 5.49. The Bertz CT molecular complexity index is 236. The second kappa shape index (κ2) is 6.48. The van der Waals surface area contributed by atoms with E-state index in [4.69, 9.17) is 4.74 Å². The van der Waals surface area contributed by atoms with Gasteiger partial charge in [0, 0.05) is 12.4 Å². The molecule has 0 rings (SSSR count). The van der Waals surface area contributed by atoms with E-state index in [0.29, 0.717) is 19.3 Å². The highest BCUT2D eigenvalue weighted by Gasteiger charge is 2.29. The van der Waals surface area contributed by atoms with Crippen LogP contribution in [-0.4, -0.2) is 23.6 Å². The topological polar surface area (TPSA) is 89.5 Å². The summed E-state index contributed by atoms with van der Waals surface area (Å²) in [5, 5.41) is 21.1. The molecule has 0 fully saturated rings. The van der Waals surface area contributed by atoms with Gasteiger partial charge in [-0.15, -0.1) is 0 Å². The second-order valence-electron chi connectivity index (χ2n) is 3.75. The highest BCUT2D eigenvalue weighted by molar-refractivity contribution is 5.77. The molecule has 5 nitrogen and oxygen atoms in total.